The highest BCUT2D eigenvalue weighted by Crippen LogP contribution is 2.30. The third-order valence-corrected chi connectivity index (χ3v) is 2.38. The zero-order chi connectivity index (χ0) is 7.44. The normalized spacial score (nSPS) is 15.9. The molecule has 0 spiro atoms. The lowest BCUT2D eigenvalue weighted by Gasteiger charge is -1.99. The lowest BCUT2D eigenvalue weighted by Crippen LogP contribution is -2.09. The maximum absolute atomic E-state index is 10.6. The van der Waals surface area contributed by atoms with Crippen molar-refractivity contribution in [3.8, 4) is 0 Å². The van der Waals surface area contributed by atoms with E-state index in [1.807, 2.05) is 0 Å². The second-order valence-electron chi connectivity index (χ2n) is 2.13. The molecule has 0 aromatic carbocycles. The predicted molar refractivity (Wildman–Crippen MR) is 35.5 cm³/mol. The van der Waals surface area contributed by atoms with Gasteiger partial charge in [0.2, 0.25) is 0 Å². The molecule has 3 nitrogen and oxygen atoms in total. The van der Waals surface area contributed by atoms with Crippen molar-refractivity contribution in [2.45, 2.75) is 19.7 Å². The van der Waals surface area contributed by atoms with Crippen molar-refractivity contribution >= 4 is 8.03 Å². The van der Waals surface area contributed by atoms with Gasteiger partial charge in [-0.15, -0.1) is 4.52 Å². The molecular weight excluding hydrogens is 139 g/mol. The Kier molecular flexibility index (Phi) is 3.95. The molecule has 0 amide bonds. The van der Waals surface area contributed by atoms with Crippen LogP contribution in [-0.4, -0.2) is 18.1 Å². The fraction of sp³-hybridized carbons (Fsp3) is 1.00. The van der Waals surface area contributed by atoms with Crippen molar-refractivity contribution in [3.05, 3.63) is 0 Å². The molecule has 0 saturated heterocycles. The van der Waals surface area contributed by atoms with Crippen LogP contribution in [0.15, 0.2) is 0 Å². The monoisotopic (exact) mass is 151 g/mol. The van der Waals surface area contributed by atoms with E-state index >= 15 is 0 Å². The summed E-state index contributed by atoms with van der Waals surface area (Å²) in [5.74, 6) is -0.835. The molecule has 0 saturated carbocycles. The molecule has 0 heterocycles. The highest BCUT2D eigenvalue weighted by atomic mass is 31.1. The van der Waals surface area contributed by atoms with Gasteiger partial charge in [0.15, 0.2) is 0 Å². The molecule has 0 aliphatic heterocycles. The van der Waals surface area contributed by atoms with Crippen LogP contribution < -0.4 is 0 Å². The van der Waals surface area contributed by atoms with E-state index in [-0.39, 0.29) is 5.92 Å². The first-order valence-electron chi connectivity index (χ1n) is 2.78. The minimum Gasteiger partial charge on any atom is -0.348 e. The van der Waals surface area contributed by atoms with E-state index < -0.39 is 13.9 Å². The highest BCUT2D eigenvalue weighted by Gasteiger charge is 2.31. The van der Waals surface area contributed by atoms with Gasteiger partial charge in [0.05, 0.1) is 7.11 Å². The first-order chi connectivity index (χ1) is 4.09. The minimum absolute atomic E-state index is 0.00596. The van der Waals surface area contributed by atoms with E-state index in [1.165, 1.54) is 7.11 Å². The Bertz CT molecular complexity index is 102. The first kappa shape index (κ1) is 9.02. The molecule has 0 aliphatic carbocycles. The Labute approximate surface area is 55.9 Å². The largest absolute Gasteiger partial charge is 0.540 e. The summed E-state index contributed by atoms with van der Waals surface area (Å²) in [7, 11) is -0.550. The van der Waals surface area contributed by atoms with E-state index in [2.05, 4.69) is 4.52 Å². The molecule has 0 rings (SSSR count). The fourth-order valence-electron chi connectivity index (χ4n) is 0.351. The van der Waals surface area contributed by atoms with Crippen molar-refractivity contribution in [3.63, 3.8) is 0 Å². The third-order valence-electron chi connectivity index (χ3n) is 0.992. The van der Waals surface area contributed by atoms with Crippen molar-refractivity contribution in [2.75, 3.05) is 7.11 Å². The topological polar surface area (TPSA) is 46.5 Å². The van der Waals surface area contributed by atoms with E-state index in [9.17, 15) is 4.57 Å². The summed E-state index contributed by atoms with van der Waals surface area (Å²) in [6.07, 6.45) is 0. The molecule has 54 valence electrons. The van der Waals surface area contributed by atoms with Gasteiger partial charge in [-0.1, -0.05) is 13.8 Å². The van der Waals surface area contributed by atoms with Crippen molar-refractivity contribution in [2.24, 2.45) is 5.92 Å². The molecule has 2 atom stereocenters. The zero-order valence-electron chi connectivity index (χ0n) is 5.87. The van der Waals surface area contributed by atoms with Crippen LogP contribution in [-0.2, 0) is 9.09 Å². The predicted octanol–water partition coefficient (Wildman–Crippen LogP) is 1.35. The van der Waals surface area contributed by atoms with E-state index in [1.54, 1.807) is 13.8 Å². The summed E-state index contributed by atoms with van der Waals surface area (Å²) < 4.78 is 15.1. The maximum Gasteiger partial charge on any atom is 0.540 e. The second-order valence-corrected chi connectivity index (χ2v) is 3.59. The quantitative estimate of drug-likeness (QED) is 0.619. The van der Waals surface area contributed by atoms with Gasteiger partial charge in [-0.2, -0.15) is 0 Å². The Hall–Kier alpha value is 0.0200. The molecular formula is C5H12O3P+. The van der Waals surface area contributed by atoms with Crippen molar-refractivity contribution in [1.29, 1.82) is 0 Å². The van der Waals surface area contributed by atoms with E-state index in [4.69, 9.17) is 5.11 Å². The minimum atomic E-state index is -1.87. The molecule has 0 aromatic rings. The Morgan fingerprint density at radius 1 is 1.56 bits per heavy atom. The van der Waals surface area contributed by atoms with Gasteiger partial charge < -0.3 is 5.11 Å². The van der Waals surface area contributed by atoms with Crippen LogP contribution >= 0.6 is 8.03 Å². The van der Waals surface area contributed by atoms with Crippen LogP contribution in [0.3, 0.4) is 0 Å². The van der Waals surface area contributed by atoms with Gasteiger partial charge in [0.25, 0.3) is 5.85 Å². The van der Waals surface area contributed by atoms with Gasteiger partial charge in [0.1, 0.15) is 0 Å². The number of aliphatic hydroxyl groups excluding tert-OH is 1. The van der Waals surface area contributed by atoms with E-state index in [0.717, 1.165) is 0 Å². The molecule has 0 aliphatic rings. The third kappa shape index (κ3) is 2.89. The molecule has 0 radical (unpaired) electrons. The molecule has 1 unspecified atom stereocenters. The molecule has 9 heavy (non-hydrogen) atoms. The summed E-state index contributed by atoms with van der Waals surface area (Å²) in [6.45, 7) is 3.58. The second kappa shape index (κ2) is 3.94. The Morgan fingerprint density at radius 3 is 2.11 bits per heavy atom. The molecule has 0 fully saturated rings. The van der Waals surface area contributed by atoms with Gasteiger partial charge >= 0.3 is 8.03 Å². The lowest BCUT2D eigenvalue weighted by molar-refractivity contribution is 0.184. The smallest absolute Gasteiger partial charge is 0.348 e. The molecule has 0 bridgehead atoms. The first-order valence-corrected chi connectivity index (χ1v) is 4.02. The summed E-state index contributed by atoms with van der Waals surface area (Å²) >= 11 is 0. The van der Waals surface area contributed by atoms with Crippen LogP contribution in [0, 0.1) is 5.92 Å². The van der Waals surface area contributed by atoms with Crippen LogP contribution in [0.2, 0.25) is 0 Å². The van der Waals surface area contributed by atoms with Gasteiger partial charge in [-0.3, -0.25) is 0 Å². The summed E-state index contributed by atoms with van der Waals surface area (Å²) in [4.78, 5) is 0. The van der Waals surface area contributed by atoms with Gasteiger partial charge in [0, 0.05) is 5.92 Å². The van der Waals surface area contributed by atoms with Crippen LogP contribution in [0.5, 0.6) is 0 Å². The van der Waals surface area contributed by atoms with Gasteiger partial charge in [-0.25, -0.2) is 0 Å². The number of aliphatic hydroxyl groups is 1. The summed E-state index contributed by atoms with van der Waals surface area (Å²) in [5, 5.41) is 8.99. The lowest BCUT2D eigenvalue weighted by atomic mass is 10.2. The van der Waals surface area contributed by atoms with Gasteiger partial charge in [-0.05, 0) is 4.57 Å². The molecule has 4 heteroatoms. The summed E-state index contributed by atoms with van der Waals surface area (Å²) in [5.41, 5.74) is 0. The fourth-order valence-corrected chi connectivity index (χ4v) is 1.05. The van der Waals surface area contributed by atoms with Crippen LogP contribution in [0.4, 0.5) is 0 Å². The Morgan fingerprint density at radius 2 is 2.00 bits per heavy atom. The summed E-state index contributed by atoms with van der Waals surface area (Å²) in [6, 6.07) is 0. The molecule has 1 N–H and O–H groups in total. The van der Waals surface area contributed by atoms with Crippen LogP contribution in [0.25, 0.3) is 0 Å². The van der Waals surface area contributed by atoms with E-state index in [0.29, 0.717) is 0 Å². The van der Waals surface area contributed by atoms with Crippen molar-refractivity contribution in [1.82, 2.24) is 0 Å². The highest BCUT2D eigenvalue weighted by molar-refractivity contribution is 7.39. The average molecular weight is 151 g/mol. The Balaban J connectivity index is 3.72. The number of rotatable bonds is 3. The SMILES string of the molecule is CO[P+](=O)[C@H](O)C(C)C. The van der Waals surface area contributed by atoms with Crippen molar-refractivity contribution < 1.29 is 14.2 Å². The zero-order valence-corrected chi connectivity index (χ0v) is 6.76. The number of hydrogen-bond acceptors (Lipinski definition) is 3. The standard InChI is InChI=1S/C5H12O3P/c1-4(2)5(6)9(7)8-3/h4-6H,1-3H3/q+1/t5-/m0/s1. The average Bonchev–Trinajstić information content (AvgIpc) is 1.84. The maximum atomic E-state index is 10.6. The number of hydrogen-bond donors (Lipinski definition) is 1. The van der Waals surface area contributed by atoms with Crippen LogP contribution in [0.1, 0.15) is 13.8 Å². The molecule has 0 aromatic heterocycles.